The first-order valence-electron chi connectivity index (χ1n) is 6.55. The van der Waals surface area contributed by atoms with Gasteiger partial charge in [-0.05, 0) is 25.2 Å². The van der Waals surface area contributed by atoms with Crippen molar-refractivity contribution in [3.05, 3.63) is 0 Å². The third-order valence-electron chi connectivity index (χ3n) is 3.16. The molecule has 0 aliphatic carbocycles. The summed E-state index contributed by atoms with van der Waals surface area (Å²) in [5, 5.41) is 0. The molecule has 1 unspecified atom stereocenters. The quantitative estimate of drug-likeness (QED) is 0.644. The zero-order valence-corrected chi connectivity index (χ0v) is 10.9. The van der Waals surface area contributed by atoms with Gasteiger partial charge in [0.2, 0.25) is 0 Å². The molecule has 100 valence electrons. The van der Waals surface area contributed by atoms with Crippen molar-refractivity contribution in [2.24, 2.45) is 5.92 Å². The van der Waals surface area contributed by atoms with Crippen LogP contribution in [0, 0.1) is 5.92 Å². The highest BCUT2D eigenvalue weighted by Crippen LogP contribution is 2.17. The lowest BCUT2D eigenvalue weighted by Crippen LogP contribution is -2.29. The molecule has 4 heteroatoms. The van der Waals surface area contributed by atoms with Crippen LogP contribution < -0.4 is 0 Å². The Labute approximate surface area is 104 Å². The van der Waals surface area contributed by atoms with Crippen molar-refractivity contribution >= 4 is 5.97 Å². The number of esters is 1. The minimum Gasteiger partial charge on any atom is -0.467 e. The molecule has 0 radical (unpaired) electrons. The highest BCUT2D eigenvalue weighted by molar-refractivity contribution is 5.74. The summed E-state index contributed by atoms with van der Waals surface area (Å²) in [5.74, 6) is 0.281. The summed E-state index contributed by atoms with van der Waals surface area (Å²) >= 11 is 0. The van der Waals surface area contributed by atoms with E-state index in [0.29, 0.717) is 12.5 Å². The van der Waals surface area contributed by atoms with Crippen molar-refractivity contribution in [2.75, 3.05) is 26.9 Å². The van der Waals surface area contributed by atoms with E-state index in [2.05, 4.69) is 6.92 Å². The Morgan fingerprint density at radius 2 is 2.12 bits per heavy atom. The Morgan fingerprint density at radius 1 is 1.41 bits per heavy atom. The van der Waals surface area contributed by atoms with Crippen LogP contribution in [0.15, 0.2) is 0 Å². The Balaban J connectivity index is 2.28. The number of unbranched alkanes of at least 4 members (excludes halogenated alkanes) is 1. The van der Waals surface area contributed by atoms with Gasteiger partial charge in [-0.3, -0.25) is 0 Å². The van der Waals surface area contributed by atoms with Crippen molar-refractivity contribution in [2.45, 2.75) is 45.1 Å². The molecule has 17 heavy (non-hydrogen) atoms. The van der Waals surface area contributed by atoms with Crippen molar-refractivity contribution < 1.29 is 19.0 Å². The number of carbonyl (C=O) groups excluding carboxylic acids is 1. The fraction of sp³-hybridized carbons (Fsp3) is 0.923. The maximum absolute atomic E-state index is 11.5. The number of hydrogen-bond donors (Lipinski definition) is 0. The van der Waals surface area contributed by atoms with Gasteiger partial charge in [-0.1, -0.05) is 19.8 Å². The zero-order chi connectivity index (χ0) is 12.5. The maximum Gasteiger partial charge on any atom is 0.334 e. The van der Waals surface area contributed by atoms with Crippen LogP contribution in [0.25, 0.3) is 0 Å². The third-order valence-corrected chi connectivity index (χ3v) is 3.16. The first kappa shape index (κ1) is 14.5. The fourth-order valence-electron chi connectivity index (χ4n) is 1.96. The molecule has 1 aliphatic heterocycles. The van der Waals surface area contributed by atoms with Gasteiger partial charge in [0.15, 0.2) is 6.10 Å². The van der Waals surface area contributed by atoms with E-state index in [-0.39, 0.29) is 12.1 Å². The predicted octanol–water partition coefficient (Wildman–Crippen LogP) is 2.16. The number of ether oxygens (including phenoxy) is 3. The van der Waals surface area contributed by atoms with Gasteiger partial charge in [0.1, 0.15) is 0 Å². The molecule has 0 aromatic heterocycles. The van der Waals surface area contributed by atoms with Gasteiger partial charge in [0.05, 0.1) is 13.7 Å². The monoisotopic (exact) mass is 244 g/mol. The Bertz CT molecular complexity index is 211. The van der Waals surface area contributed by atoms with Crippen LogP contribution in [0.5, 0.6) is 0 Å². The highest BCUT2D eigenvalue weighted by Gasteiger charge is 2.22. The first-order chi connectivity index (χ1) is 8.27. The number of methoxy groups -OCH3 is 1. The van der Waals surface area contributed by atoms with Crippen LogP contribution in [0.3, 0.4) is 0 Å². The summed E-state index contributed by atoms with van der Waals surface area (Å²) in [6, 6.07) is 0. The molecule has 0 amide bonds. The lowest BCUT2D eigenvalue weighted by Gasteiger charge is -2.24. The molecule has 0 saturated carbocycles. The summed E-state index contributed by atoms with van der Waals surface area (Å²) in [5.41, 5.74) is 0. The second-order valence-corrected chi connectivity index (χ2v) is 4.54. The van der Waals surface area contributed by atoms with Crippen molar-refractivity contribution in [3.8, 4) is 0 Å². The van der Waals surface area contributed by atoms with Gasteiger partial charge in [-0.15, -0.1) is 0 Å². The highest BCUT2D eigenvalue weighted by atomic mass is 16.6. The second-order valence-electron chi connectivity index (χ2n) is 4.54. The van der Waals surface area contributed by atoms with Gasteiger partial charge in [0, 0.05) is 13.2 Å². The molecule has 0 bridgehead atoms. The summed E-state index contributed by atoms with van der Waals surface area (Å²) in [6.45, 7) is 4.37. The third kappa shape index (κ3) is 5.50. The summed E-state index contributed by atoms with van der Waals surface area (Å²) in [7, 11) is 1.42. The van der Waals surface area contributed by atoms with E-state index < -0.39 is 0 Å². The zero-order valence-electron chi connectivity index (χ0n) is 10.9. The lowest BCUT2D eigenvalue weighted by molar-refractivity contribution is -0.156. The van der Waals surface area contributed by atoms with Crippen molar-refractivity contribution in [3.63, 3.8) is 0 Å². The molecule has 0 aromatic carbocycles. The average Bonchev–Trinajstić information content (AvgIpc) is 2.39. The molecule has 1 aliphatic rings. The maximum atomic E-state index is 11.5. The molecule has 0 N–H and O–H groups in total. The largest absolute Gasteiger partial charge is 0.467 e. The molecule has 1 saturated heterocycles. The van der Waals surface area contributed by atoms with Crippen LogP contribution in [0.2, 0.25) is 0 Å². The average molecular weight is 244 g/mol. The van der Waals surface area contributed by atoms with E-state index >= 15 is 0 Å². The minimum absolute atomic E-state index is 0.245. The summed E-state index contributed by atoms with van der Waals surface area (Å²) in [4.78, 5) is 11.5. The predicted molar refractivity (Wildman–Crippen MR) is 64.8 cm³/mol. The van der Waals surface area contributed by atoms with Crippen LogP contribution in [-0.2, 0) is 19.0 Å². The van der Waals surface area contributed by atoms with E-state index in [9.17, 15) is 4.79 Å². The molecular formula is C13H24O4. The molecule has 0 aromatic rings. The topological polar surface area (TPSA) is 44.8 Å². The van der Waals surface area contributed by atoms with E-state index in [1.165, 1.54) is 7.11 Å². The van der Waals surface area contributed by atoms with Gasteiger partial charge < -0.3 is 14.2 Å². The number of carbonyl (C=O) groups is 1. The molecule has 1 fully saturated rings. The Hall–Kier alpha value is -0.610. The molecule has 0 spiro atoms. The second kappa shape index (κ2) is 8.48. The smallest absolute Gasteiger partial charge is 0.334 e. The SMILES string of the molecule is CCCCC(OCC1CCOCC1)C(=O)OC. The molecular weight excluding hydrogens is 220 g/mol. The fourth-order valence-corrected chi connectivity index (χ4v) is 1.96. The van der Waals surface area contributed by atoms with Crippen LogP contribution in [0.1, 0.15) is 39.0 Å². The molecule has 1 heterocycles. The first-order valence-corrected chi connectivity index (χ1v) is 6.55. The van der Waals surface area contributed by atoms with Gasteiger partial charge in [-0.2, -0.15) is 0 Å². The van der Waals surface area contributed by atoms with E-state index in [1.54, 1.807) is 0 Å². The van der Waals surface area contributed by atoms with Crippen LogP contribution >= 0.6 is 0 Å². The normalized spacial score (nSPS) is 18.9. The van der Waals surface area contributed by atoms with Gasteiger partial charge in [-0.25, -0.2) is 4.79 Å². The Morgan fingerprint density at radius 3 is 2.71 bits per heavy atom. The standard InChI is InChI=1S/C13H24O4/c1-3-4-5-12(13(14)15-2)17-10-11-6-8-16-9-7-11/h11-12H,3-10H2,1-2H3. The van der Waals surface area contributed by atoms with E-state index in [1.807, 2.05) is 0 Å². The number of rotatable bonds is 7. The minimum atomic E-state index is -0.386. The molecule has 1 atom stereocenters. The summed E-state index contributed by atoms with van der Waals surface area (Å²) < 4.78 is 15.8. The van der Waals surface area contributed by atoms with Crippen LogP contribution in [-0.4, -0.2) is 39.0 Å². The van der Waals surface area contributed by atoms with E-state index in [4.69, 9.17) is 14.2 Å². The molecule has 1 rings (SSSR count). The molecule has 4 nitrogen and oxygen atoms in total. The van der Waals surface area contributed by atoms with E-state index in [0.717, 1.165) is 45.3 Å². The Kier molecular flexibility index (Phi) is 7.21. The van der Waals surface area contributed by atoms with Crippen molar-refractivity contribution in [1.82, 2.24) is 0 Å². The summed E-state index contributed by atoms with van der Waals surface area (Å²) in [6.07, 6.45) is 4.49. The van der Waals surface area contributed by atoms with Gasteiger partial charge >= 0.3 is 5.97 Å². The van der Waals surface area contributed by atoms with Crippen molar-refractivity contribution in [1.29, 1.82) is 0 Å². The lowest BCUT2D eigenvalue weighted by atomic mass is 10.0. The number of hydrogen-bond acceptors (Lipinski definition) is 4. The van der Waals surface area contributed by atoms with Gasteiger partial charge in [0.25, 0.3) is 0 Å². The van der Waals surface area contributed by atoms with Crippen LogP contribution in [0.4, 0.5) is 0 Å².